The van der Waals surface area contributed by atoms with E-state index in [9.17, 15) is 14.7 Å². The molecule has 6 heteroatoms. The Kier molecular flexibility index (Phi) is 7.15. The fourth-order valence-electron chi connectivity index (χ4n) is 4.33. The van der Waals surface area contributed by atoms with E-state index in [1.54, 1.807) is 43.5 Å². The van der Waals surface area contributed by atoms with E-state index in [-0.39, 0.29) is 22.8 Å². The van der Waals surface area contributed by atoms with Crippen molar-refractivity contribution in [2.45, 2.75) is 39.5 Å². The highest BCUT2D eigenvalue weighted by Crippen LogP contribution is 2.36. The monoisotopic (exact) mass is 486 g/mol. The van der Waals surface area contributed by atoms with Gasteiger partial charge < -0.3 is 19.0 Å². The van der Waals surface area contributed by atoms with Crippen LogP contribution in [0.4, 0.5) is 0 Å². The molecule has 4 rings (SSSR count). The Hall–Kier alpha value is -4.06. The fraction of sp³-hybridized carbons (Fsp3) is 0.267. The summed E-state index contributed by atoms with van der Waals surface area (Å²) in [6.07, 6.45) is 1.45. The SMILES string of the molecule is CCC(CC(C)(C)C(=O)Oc1ccc2oc(-c3ccccc3)c(O)c(=O)c2c1)c1ccc(OC)cc1. The first kappa shape index (κ1) is 25.0. The van der Waals surface area contributed by atoms with Gasteiger partial charge in [0, 0.05) is 5.56 Å². The predicted molar refractivity (Wildman–Crippen MR) is 140 cm³/mol. The number of rotatable bonds is 8. The Balaban J connectivity index is 1.56. The Labute approximate surface area is 210 Å². The number of carbonyl (C=O) groups excluding carboxylic acids is 1. The van der Waals surface area contributed by atoms with Gasteiger partial charge in [-0.2, -0.15) is 0 Å². The Bertz CT molecular complexity index is 1420. The number of methoxy groups -OCH3 is 1. The summed E-state index contributed by atoms with van der Waals surface area (Å²) in [5.74, 6) is 0.386. The number of ether oxygens (including phenoxy) is 2. The molecule has 0 radical (unpaired) electrons. The summed E-state index contributed by atoms with van der Waals surface area (Å²) in [6, 6.07) is 21.4. The molecular formula is C30H30O6. The van der Waals surface area contributed by atoms with E-state index in [2.05, 4.69) is 6.92 Å². The highest BCUT2D eigenvalue weighted by atomic mass is 16.5. The third kappa shape index (κ3) is 5.13. The molecule has 0 amide bonds. The highest BCUT2D eigenvalue weighted by Gasteiger charge is 2.33. The van der Waals surface area contributed by atoms with E-state index in [0.717, 1.165) is 17.7 Å². The van der Waals surface area contributed by atoms with Crippen LogP contribution in [0.15, 0.2) is 82.0 Å². The summed E-state index contributed by atoms with van der Waals surface area (Å²) in [5.41, 5.74) is 0.652. The molecule has 36 heavy (non-hydrogen) atoms. The molecule has 1 unspecified atom stereocenters. The molecule has 0 fully saturated rings. The first-order valence-electron chi connectivity index (χ1n) is 11.9. The minimum absolute atomic E-state index is 0.100. The second-order valence-corrected chi connectivity index (χ2v) is 9.49. The van der Waals surface area contributed by atoms with Gasteiger partial charge in [0.1, 0.15) is 17.1 Å². The van der Waals surface area contributed by atoms with Gasteiger partial charge in [0.2, 0.25) is 11.2 Å². The number of esters is 1. The van der Waals surface area contributed by atoms with Crippen LogP contribution >= 0.6 is 0 Å². The van der Waals surface area contributed by atoms with Crippen LogP contribution < -0.4 is 14.9 Å². The van der Waals surface area contributed by atoms with Gasteiger partial charge in [0.05, 0.1) is 17.9 Å². The van der Waals surface area contributed by atoms with Crippen LogP contribution in [0.5, 0.6) is 17.2 Å². The Morgan fingerprint density at radius 2 is 1.67 bits per heavy atom. The maximum absolute atomic E-state index is 13.2. The molecule has 0 aliphatic carbocycles. The topological polar surface area (TPSA) is 86.0 Å². The smallest absolute Gasteiger partial charge is 0.316 e. The van der Waals surface area contributed by atoms with E-state index >= 15 is 0 Å². The van der Waals surface area contributed by atoms with Crippen molar-refractivity contribution < 1.29 is 23.8 Å². The van der Waals surface area contributed by atoms with Crippen LogP contribution in [0.2, 0.25) is 0 Å². The van der Waals surface area contributed by atoms with Gasteiger partial charge in [0.15, 0.2) is 5.76 Å². The average molecular weight is 487 g/mol. The summed E-state index contributed by atoms with van der Waals surface area (Å²) in [6.45, 7) is 5.80. The molecular weight excluding hydrogens is 456 g/mol. The zero-order chi connectivity index (χ0) is 25.9. The van der Waals surface area contributed by atoms with Crippen molar-refractivity contribution in [1.29, 1.82) is 0 Å². The third-order valence-electron chi connectivity index (χ3n) is 6.47. The van der Waals surface area contributed by atoms with Crippen LogP contribution in [0.3, 0.4) is 0 Å². The number of carbonyl (C=O) groups is 1. The standard InChI is InChI=1S/C30H30O6/c1-5-19(20-11-13-22(34-4)14-12-20)18-30(2,3)29(33)35-23-15-16-25-24(17-23)26(31)27(32)28(36-25)21-9-7-6-8-10-21/h6-17,19,32H,5,18H2,1-4H3. The molecule has 0 saturated carbocycles. The Morgan fingerprint density at radius 1 is 1.00 bits per heavy atom. The van der Waals surface area contributed by atoms with Crippen LogP contribution in [0, 0.1) is 5.41 Å². The zero-order valence-corrected chi connectivity index (χ0v) is 20.9. The number of hydrogen-bond acceptors (Lipinski definition) is 6. The number of fused-ring (bicyclic) bond motifs is 1. The molecule has 186 valence electrons. The predicted octanol–water partition coefficient (Wildman–Crippen LogP) is 6.69. The molecule has 0 aliphatic heterocycles. The fourth-order valence-corrected chi connectivity index (χ4v) is 4.33. The van der Waals surface area contributed by atoms with Crippen molar-refractivity contribution in [3.8, 4) is 28.6 Å². The van der Waals surface area contributed by atoms with Crippen molar-refractivity contribution in [3.63, 3.8) is 0 Å². The molecule has 0 bridgehead atoms. The lowest BCUT2D eigenvalue weighted by atomic mass is 9.79. The lowest BCUT2D eigenvalue weighted by Gasteiger charge is -2.27. The molecule has 3 aromatic carbocycles. The summed E-state index contributed by atoms with van der Waals surface area (Å²) < 4.78 is 16.8. The minimum Gasteiger partial charge on any atom is -0.502 e. The maximum Gasteiger partial charge on any atom is 0.316 e. The van der Waals surface area contributed by atoms with Crippen molar-refractivity contribution in [1.82, 2.24) is 0 Å². The number of benzene rings is 3. The molecule has 0 saturated heterocycles. The molecule has 1 atom stereocenters. The van der Waals surface area contributed by atoms with Crippen molar-refractivity contribution in [2.24, 2.45) is 5.41 Å². The van der Waals surface area contributed by atoms with Gasteiger partial charge in [-0.15, -0.1) is 0 Å². The first-order chi connectivity index (χ1) is 17.2. The molecule has 0 spiro atoms. The van der Waals surface area contributed by atoms with Crippen molar-refractivity contribution in [3.05, 3.63) is 88.6 Å². The van der Waals surface area contributed by atoms with Gasteiger partial charge in [-0.1, -0.05) is 49.4 Å². The first-order valence-corrected chi connectivity index (χ1v) is 11.9. The molecule has 6 nitrogen and oxygen atoms in total. The maximum atomic E-state index is 13.2. The molecule has 1 aromatic heterocycles. The van der Waals surface area contributed by atoms with E-state index in [4.69, 9.17) is 13.9 Å². The van der Waals surface area contributed by atoms with Gasteiger partial charge >= 0.3 is 5.97 Å². The summed E-state index contributed by atoms with van der Waals surface area (Å²) >= 11 is 0. The van der Waals surface area contributed by atoms with Crippen molar-refractivity contribution in [2.75, 3.05) is 7.11 Å². The zero-order valence-electron chi connectivity index (χ0n) is 20.9. The molecule has 4 aromatic rings. The van der Waals surface area contributed by atoms with E-state index < -0.39 is 22.6 Å². The van der Waals surface area contributed by atoms with Crippen molar-refractivity contribution >= 4 is 16.9 Å². The summed E-state index contributed by atoms with van der Waals surface area (Å²) in [5, 5.41) is 10.6. The van der Waals surface area contributed by atoms with Gasteiger partial charge in [-0.25, -0.2) is 0 Å². The van der Waals surface area contributed by atoms with Gasteiger partial charge in [0.25, 0.3) is 0 Å². The van der Waals surface area contributed by atoms with Crippen LogP contribution in [-0.4, -0.2) is 18.2 Å². The van der Waals surface area contributed by atoms with E-state index in [0.29, 0.717) is 17.6 Å². The summed E-state index contributed by atoms with van der Waals surface area (Å²) in [4.78, 5) is 26.0. The summed E-state index contributed by atoms with van der Waals surface area (Å²) in [7, 11) is 1.63. The largest absolute Gasteiger partial charge is 0.502 e. The number of aromatic hydroxyl groups is 1. The lowest BCUT2D eigenvalue weighted by molar-refractivity contribution is -0.144. The average Bonchev–Trinajstić information content (AvgIpc) is 2.90. The van der Waals surface area contributed by atoms with E-state index in [1.165, 1.54) is 6.07 Å². The highest BCUT2D eigenvalue weighted by molar-refractivity contribution is 5.85. The molecule has 0 aliphatic rings. The van der Waals surface area contributed by atoms with Crippen LogP contribution in [0.25, 0.3) is 22.3 Å². The number of hydrogen-bond donors (Lipinski definition) is 1. The lowest BCUT2D eigenvalue weighted by Crippen LogP contribution is -2.31. The Morgan fingerprint density at radius 3 is 2.31 bits per heavy atom. The van der Waals surface area contributed by atoms with Crippen LogP contribution in [-0.2, 0) is 4.79 Å². The second-order valence-electron chi connectivity index (χ2n) is 9.49. The normalized spacial score (nSPS) is 12.3. The minimum atomic E-state index is -0.778. The second kappa shape index (κ2) is 10.3. The molecule has 1 heterocycles. The third-order valence-corrected chi connectivity index (χ3v) is 6.47. The molecule has 1 N–H and O–H groups in total. The van der Waals surface area contributed by atoms with E-state index in [1.807, 2.05) is 44.2 Å². The van der Waals surface area contributed by atoms with Gasteiger partial charge in [-0.05, 0) is 68.5 Å². The van der Waals surface area contributed by atoms with Crippen LogP contribution in [0.1, 0.15) is 45.1 Å². The quantitative estimate of drug-likeness (QED) is 0.221. The van der Waals surface area contributed by atoms with Gasteiger partial charge in [-0.3, -0.25) is 9.59 Å².